The van der Waals surface area contributed by atoms with Gasteiger partial charge in [-0.05, 0) is 44.0 Å². The third-order valence-corrected chi connectivity index (χ3v) is 5.78. The summed E-state index contributed by atoms with van der Waals surface area (Å²) in [5.41, 5.74) is 4.38. The highest BCUT2D eigenvalue weighted by Crippen LogP contribution is 2.39. The average Bonchev–Trinajstić information content (AvgIpc) is 2.57. The molecule has 126 valence electrons. The van der Waals surface area contributed by atoms with Gasteiger partial charge in [0.15, 0.2) is 0 Å². The number of anilines is 2. The van der Waals surface area contributed by atoms with E-state index < -0.39 is 0 Å². The van der Waals surface area contributed by atoms with Crippen molar-refractivity contribution < 1.29 is 4.79 Å². The first-order valence-corrected chi connectivity index (χ1v) is 9.32. The van der Waals surface area contributed by atoms with Gasteiger partial charge in [-0.2, -0.15) is 0 Å². The fourth-order valence-electron chi connectivity index (χ4n) is 3.06. The minimum Gasteiger partial charge on any atom is -0.360 e. The smallest absolute Gasteiger partial charge is 0.243 e. The predicted molar refractivity (Wildman–Crippen MR) is 103 cm³/mol. The molecule has 0 aromatic heterocycles. The molecule has 0 bridgehead atoms. The van der Waals surface area contributed by atoms with Crippen molar-refractivity contribution in [2.45, 2.75) is 37.3 Å². The van der Waals surface area contributed by atoms with Gasteiger partial charge < -0.3 is 10.2 Å². The molecule has 1 N–H and O–H groups in total. The molecule has 0 spiro atoms. The number of hydrogen-bond acceptors (Lipinski definition) is 3. The largest absolute Gasteiger partial charge is 0.360 e. The first kappa shape index (κ1) is 16.9. The number of rotatable bonds is 4. The first-order valence-electron chi connectivity index (χ1n) is 8.44. The van der Waals surface area contributed by atoms with Crippen molar-refractivity contribution in [2.75, 3.05) is 23.3 Å². The van der Waals surface area contributed by atoms with Gasteiger partial charge in [-0.3, -0.25) is 4.79 Å². The zero-order valence-electron chi connectivity index (χ0n) is 14.5. The number of para-hydroxylation sites is 1. The second kappa shape index (κ2) is 7.31. The Bertz CT molecular complexity index is 744. The zero-order chi connectivity index (χ0) is 17.1. The van der Waals surface area contributed by atoms with E-state index >= 15 is 0 Å². The minimum atomic E-state index is 0.0403. The van der Waals surface area contributed by atoms with E-state index in [2.05, 4.69) is 48.3 Å². The van der Waals surface area contributed by atoms with E-state index in [1.165, 1.54) is 16.1 Å². The maximum Gasteiger partial charge on any atom is 0.243 e. The molecule has 2 aromatic carbocycles. The lowest BCUT2D eigenvalue weighted by Crippen LogP contribution is -2.40. The third kappa shape index (κ3) is 3.75. The van der Waals surface area contributed by atoms with Crippen molar-refractivity contribution in [2.24, 2.45) is 0 Å². The molecule has 0 aliphatic carbocycles. The topological polar surface area (TPSA) is 32.3 Å². The molecular formula is C20H24N2OS. The van der Waals surface area contributed by atoms with E-state index in [0.29, 0.717) is 11.8 Å². The summed E-state index contributed by atoms with van der Waals surface area (Å²) in [7, 11) is 0. The van der Waals surface area contributed by atoms with Gasteiger partial charge in [0.25, 0.3) is 0 Å². The summed E-state index contributed by atoms with van der Waals surface area (Å²) in [6, 6.07) is 14.5. The molecular weight excluding hydrogens is 316 g/mol. The van der Waals surface area contributed by atoms with Gasteiger partial charge in [0.1, 0.15) is 0 Å². The molecule has 0 fully saturated rings. The first-order chi connectivity index (χ1) is 11.6. The summed E-state index contributed by atoms with van der Waals surface area (Å²) in [5, 5.41) is 3.60. The Kier molecular flexibility index (Phi) is 5.14. The summed E-state index contributed by atoms with van der Waals surface area (Å²) < 4.78 is 0. The molecule has 24 heavy (non-hydrogen) atoms. The van der Waals surface area contributed by atoms with Gasteiger partial charge in [0.2, 0.25) is 5.91 Å². The number of thioether (sulfide) groups is 1. The molecule has 0 radical (unpaired) electrons. The SMILES string of the molecule is CC[C@H]1CN(CC(=O)Nc2ccc(C)cc2C)c2ccccc2S1. The highest BCUT2D eigenvalue weighted by molar-refractivity contribution is 8.00. The number of carbonyl (C=O) groups excluding carboxylic acids is 1. The van der Waals surface area contributed by atoms with Crippen LogP contribution in [0.2, 0.25) is 0 Å². The number of hydrogen-bond donors (Lipinski definition) is 1. The number of amides is 1. The van der Waals surface area contributed by atoms with Gasteiger partial charge >= 0.3 is 0 Å². The summed E-state index contributed by atoms with van der Waals surface area (Å²) >= 11 is 1.92. The molecule has 0 unspecified atom stereocenters. The lowest BCUT2D eigenvalue weighted by atomic mass is 10.1. The van der Waals surface area contributed by atoms with Crippen molar-refractivity contribution in [3.05, 3.63) is 53.6 Å². The number of fused-ring (bicyclic) bond motifs is 1. The van der Waals surface area contributed by atoms with E-state index in [4.69, 9.17) is 0 Å². The minimum absolute atomic E-state index is 0.0403. The Labute approximate surface area is 148 Å². The summed E-state index contributed by atoms with van der Waals surface area (Å²) in [4.78, 5) is 16.0. The number of nitrogens with one attached hydrogen (secondary N) is 1. The predicted octanol–water partition coefficient (Wildman–Crippen LogP) is 4.63. The summed E-state index contributed by atoms with van der Waals surface area (Å²) in [6.45, 7) is 7.60. The van der Waals surface area contributed by atoms with Crippen LogP contribution in [0.3, 0.4) is 0 Å². The molecule has 1 atom stereocenters. The summed E-state index contributed by atoms with van der Waals surface area (Å²) in [5.74, 6) is 0.0403. The number of nitrogens with zero attached hydrogens (tertiary/aromatic N) is 1. The van der Waals surface area contributed by atoms with Crippen LogP contribution in [0, 0.1) is 13.8 Å². The summed E-state index contributed by atoms with van der Waals surface area (Å²) in [6.07, 6.45) is 1.11. The Morgan fingerprint density at radius 3 is 2.79 bits per heavy atom. The van der Waals surface area contributed by atoms with Crippen molar-refractivity contribution in [1.29, 1.82) is 0 Å². The molecule has 1 aliphatic rings. The van der Waals surface area contributed by atoms with Crippen LogP contribution in [-0.2, 0) is 4.79 Å². The standard InChI is InChI=1S/C20H24N2OS/c1-4-16-12-22(18-7-5-6-8-19(18)24-16)13-20(23)21-17-10-9-14(2)11-15(17)3/h5-11,16H,4,12-13H2,1-3H3,(H,21,23)/t16-/m0/s1. The molecule has 3 nitrogen and oxygen atoms in total. The quantitative estimate of drug-likeness (QED) is 0.880. The number of aryl methyl sites for hydroxylation is 2. The van der Waals surface area contributed by atoms with Crippen molar-refractivity contribution in [3.8, 4) is 0 Å². The van der Waals surface area contributed by atoms with Crippen LogP contribution in [0.1, 0.15) is 24.5 Å². The van der Waals surface area contributed by atoms with Gasteiger partial charge in [-0.15, -0.1) is 11.8 Å². The van der Waals surface area contributed by atoms with Crippen molar-refractivity contribution >= 4 is 29.0 Å². The highest BCUT2D eigenvalue weighted by Gasteiger charge is 2.25. The normalized spacial score (nSPS) is 16.6. The van der Waals surface area contributed by atoms with Crippen molar-refractivity contribution in [1.82, 2.24) is 0 Å². The second-order valence-electron chi connectivity index (χ2n) is 6.36. The Morgan fingerprint density at radius 2 is 2.04 bits per heavy atom. The number of benzene rings is 2. The van der Waals surface area contributed by atoms with Crippen LogP contribution in [0.15, 0.2) is 47.4 Å². The van der Waals surface area contributed by atoms with Crippen molar-refractivity contribution in [3.63, 3.8) is 0 Å². The van der Waals surface area contributed by atoms with E-state index in [0.717, 1.165) is 24.2 Å². The molecule has 1 amide bonds. The van der Waals surface area contributed by atoms with Crippen LogP contribution in [0.4, 0.5) is 11.4 Å². The van der Waals surface area contributed by atoms with E-state index in [9.17, 15) is 4.79 Å². The molecule has 0 saturated carbocycles. The number of carbonyl (C=O) groups is 1. The fraction of sp³-hybridized carbons (Fsp3) is 0.350. The lowest BCUT2D eigenvalue weighted by molar-refractivity contribution is -0.115. The maximum absolute atomic E-state index is 12.6. The van der Waals surface area contributed by atoms with Crippen LogP contribution in [0.5, 0.6) is 0 Å². The molecule has 3 rings (SSSR count). The zero-order valence-corrected chi connectivity index (χ0v) is 15.3. The second-order valence-corrected chi connectivity index (χ2v) is 7.71. The van der Waals surface area contributed by atoms with Gasteiger partial charge in [-0.1, -0.05) is 36.8 Å². The third-order valence-electron chi connectivity index (χ3n) is 4.37. The maximum atomic E-state index is 12.6. The Morgan fingerprint density at radius 1 is 1.25 bits per heavy atom. The molecule has 2 aromatic rings. The van der Waals surface area contributed by atoms with Gasteiger partial charge in [0, 0.05) is 22.4 Å². The monoisotopic (exact) mass is 340 g/mol. The van der Waals surface area contributed by atoms with E-state index in [-0.39, 0.29) is 5.91 Å². The van der Waals surface area contributed by atoms with Crippen LogP contribution in [-0.4, -0.2) is 24.2 Å². The van der Waals surface area contributed by atoms with Gasteiger partial charge in [0.05, 0.1) is 12.2 Å². The molecule has 1 heterocycles. The molecule has 0 saturated heterocycles. The molecule has 1 aliphatic heterocycles. The van der Waals surface area contributed by atoms with E-state index in [1.807, 2.05) is 36.9 Å². The van der Waals surface area contributed by atoms with E-state index in [1.54, 1.807) is 0 Å². The Balaban J connectivity index is 1.74. The fourth-order valence-corrected chi connectivity index (χ4v) is 4.31. The highest BCUT2D eigenvalue weighted by atomic mass is 32.2. The Hall–Kier alpha value is -1.94. The van der Waals surface area contributed by atoms with Crippen LogP contribution >= 0.6 is 11.8 Å². The molecule has 4 heteroatoms. The van der Waals surface area contributed by atoms with Crippen LogP contribution in [0.25, 0.3) is 0 Å². The van der Waals surface area contributed by atoms with Crippen LogP contribution < -0.4 is 10.2 Å². The van der Waals surface area contributed by atoms with Gasteiger partial charge in [-0.25, -0.2) is 0 Å². The average molecular weight is 340 g/mol. The lowest BCUT2D eigenvalue weighted by Gasteiger charge is -2.34.